The molecule has 0 aromatic heterocycles. The van der Waals surface area contributed by atoms with E-state index in [1.807, 2.05) is 18.2 Å². The van der Waals surface area contributed by atoms with Gasteiger partial charge in [0.1, 0.15) is 11.5 Å². The molecule has 0 unspecified atom stereocenters. The van der Waals surface area contributed by atoms with E-state index in [1.165, 1.54) is 0 Å². The van der Waals surface area contributed by atoms with Crippen molar-refractivity contribution in [2.75, 3.05) is 41.0 Å². The third kappa shape index (κ3) is 3.76. The van der Waals surface area contributed by atoms with E-state index >= 15 is 0 Å². The Balaban J connectivity index is 2.14. The molecule has 1 aromatic carbocycles. The largest absolute Gasteiger partial charge is 0.497 e. The van der Waals surface area contributed by atoms with Crippen LogP contribution in [0.5, 0.6) is 11.5 Å². The van der Waals surface area contributed by atoms with Gasteiger partial charge in [-0.25, -0.2) is 0 Å². The van der Waals surface area contributed by atoms with E-state index in [4.69, 9.17) is 19.9 Å². The van der Waals surface area contributed by atoms with Crippen molar-refractivity contribution in [3.63, 3.8) is 0 Å². The molecule has 0 atom stereocenters. The van der Waals surface area contributed by atoms with Crippen LogP contribution in [0, 0.1) is 5.41 Å². The summed E-state index contributed by atoms with van der Waals surface area (Å²) in [5, 5.41) is 0. The molecular weight excluding hydrogens is 296 g/mol. The first-order chi connectivity index (χ1) is 11.1. The van der Waals surface area contributed by atoms with E-state index < -0.39 is 5.41 Å². The maximum absolute atomic E-state index is 12.9. The molecule has 0 spiro atoms. The number of carbonyl (C=O) groups is 1. The van der Waals surface area contributed by atoms with Gasteiger partial charge in [-0.1, -0.05) is 0 Å². The smallest absolute Gasteiger partial charge is 0.230 e. The lowest BCUT2D eigenvalue weighted by molar-refractivity contribution is -0.146. The summed E-state index contributed by atoms with van der Waals surface area (Å²) in [5.41, 5.74) is 6.35. The first-order valence-electron chi connectivity index (χ1n) is 7.80. The van der Waals surface area contributed by atoms with Crippen LogP contribution < -0.4 is 15.2 Å². The number of hydrogen-bond acceptors (Lipinski definition) is 5. The van der Waals surface area contributed by atoms with E-state index in [1.54, 1.807) is 26.2 Å². The summed E-state index contributed by atoms with van der Waals surface area (Å²) in [4.78, 5) is 14.6. The molecule has 0 bridgehead atoms. The Kier molecular flexibility index (Phi) is 5.85. The van der Waals surface area contributed by atoms with E-state index in [0.29, 0.717) is 44.9 Å². The van der Waals surface area contributed by atoms with Gasteiger partial charge < -0.3 is 24.8 Å². The summed E-state index contributed by atoms with van der Waals surface area (Å²) in [6.45, 7) is 1.99. The Morgan fingerprint density at radius 2 is 2.00 bits per heavy atom. The third-order valence-corrected chi connectivity index (χ3v) is 4.54. The van der Waals surface area contributed by atoms with Crippen LogP contribution in [0.4, 0.5) is 0 Å². The van der Waals surface area contributed by atoms with Crippen LogP contribution in [0.1, 0.15) is 18.4 Å². The van der Waals surface area contributed by atoms with Crippen LogP contribution in [0.3, 0.4) is 0 Å². The number of nitrogens with zero attached hydrogens (tertiary/aromatic N) is 1. The summed E-state index contributed by atoms with van der Waals surface area (Å²) in [6.07, 6.45) is 1.35. The molecule has 1 fully saturated rings. The molecule has 1 aromatic rings. The Bertz CT molecular complexity index is 541. The van der Waals surface area contributed by atoms with Crippen molar-refractivity contribution in [1.82, 2.24) is 4.90 Å². The molecule has 1 heterocycles. The minimum absolute atomic E-state index is 0.0705. The highest BCUT2D eigenvalue weighted by Crippen LogP contribution is 2.33. The number of carbonyl (C=O) groups excluding carboxylic acids is 1. The molecule has 2 N–H and O–H groups in total. The van der Waals surface area contributed by atoms with Gasteiger partial charge >= 0.3 is 0 Å². The number of hydrogen-bond donors (Lipinski definition) is 1. The summed E-state index contributed by atoms with van der Waals surface area (Å²) >= 11 is 0. The quantitative estimate of drug-likeness (QED) is 0.857. The van der Waals surface area contributed by atoms with Gasteiger partial charge in [0.2, 0.25) is 5.91 Å². The fourth-order valence-electron chi connectivity index (χ4n) is 2.98. The molecule has 0 saturated carbocycles. The van der Waals surface area contributed by atoms with Crippen LogP contribution in [0.25, 0.3) is 0 Å². The lowest BCUT2D eigenvalue weighted by atomic mass is 9.79. The van der Waals surface area contributed by atoms with Crippen molar-refractivity contribution in [2.45, 2.75) is 19.4 Å². The molecular formula is C17H26N2O4. The first kappa shape index (κ1) is 17.6. The lowest BCUT2D eigenvalue weighted by Gasteiger charge is -2.37. The minimum Gasteiger partial charge on any atom is -0.497 e. The van der Waals surface area contributed by atoms with Gasteiger partial charge in [-0.3, -0.25) is 4.79 Å². The van der Waals surface area contributed by atoms with E-state index in [9.17, 15) is 4.79 Å². The highest BCUT2D eigenvalue weighted by molar-refractivity contribution is 5.83. The van der Waals surface area contributed by atoms with E-state index in [2.05, 4.69) is 0 Å². The monoisotopic (exact) mass is 322 g/mol. The molecule has 6 heteroatoms. The zero-order valence-corrected chi connectivity index (χ0v) is 14.1. The summed E-state index contributed by atoms with van der Waals surface area (Å²) in [6, 6.07) is 5.60. The lowest BCUT2D eigenvalue weighted by Crippen LogP contribution is -2.49. The molecule has 6 nitrogen and oxygen atoms in total. The van der Waals surface area contributed by atoms with Crippen LogP contribution >= 0.6 is 0 Å². The van der Waals surface area contributed by atoms with Gasteiger partial charge in [-0.15, -0.1) is 0 Å². The fourth-order valence-corrected chi connectivity index (χ4v) is 2.98. The summed E-state index contributed by atoms with van der Waals surface area (Å²) in [7, 11) is 5.03. The molecule has 0 aliphatic carbocycles. The van der Waals surface area contributed by atoms with E-state index in [-0.39, 0.29) is 5.91 Å². The van der Waals surface area contributed by atoms with Gasteiger partial charge in [0.25, 0.3) is 0 Å². The van der Waals surface area contributed by atoms with Crippen molar-refractivity contribution >= 4 is 5.91 Å². The SMILES string of the molecule is COc1ccc(CN(C)C(=O)C2(CN)CCOCC2)c(OC)c1. The topological polar surface area (TPSA) is 74.0 Å². The standard InChI is InChI=1S/C17H26N2O4/c1-19(16(20)17(12-18)6-8-23-9-7-17)11-13-4-5-14(21-2)10-15(13)22-3/h4-5,10H,6-9,11-12,18H2,1-3H3. The van der Waals surface area contributed by atoms with Crippen LogP contribution in [0.2, 0.25) is 0 Å². The van der Waals surface area contributed by atoms with Gasteiger partial charge in [-0.2, -0.15) is 0 Å². The summed E-state index contributed by atoms with van der Waals surface area (Å²) in [5.74, 6) is 1.50. The molecule has 1 aliphatic rings. The number of ether oxygens (including phenoxy) is 3. The van der Waals surface area contributed by atoms with Gasteiger partial charge in [0.15, 0.2) is 0 Å². The second-order valence-electron chi connectivity index (χ2n) is 5.94. The van der Waals surface area contributed by atoms with Crippen LogP contribution in [-0.2, 0) is 16.1 Å². The number of rotatable bonds is 6. The molecule has 1 amide bonds. The first-order valence-corrected chi connectivity index (χ1v) is 7.80. The molecule has 2 rings (SSSR count). The van der Waals surface area contributed by atoms with Gasteiger partial charge in [-0.05, 0) is 25.0 Å². The number of amides is 1. The molecule has 1 saturated heterocycles. The zero-order valence-electron chi connectivity index (χ0n) is 14.1. The average molecular weight is 322 g/mol. The Morgan fingerprint density at radius 1 is 1.30 bits per heavy atom. The minimum atomic E-state index is -0.507. The molecule has 1 aliphatic heterocycles. The van der Waals surface area contributed by atoms with Crippen molar-refractivity contribution in [3.05, 3.63) is 23.8 Å². The molecule has 23 heavy (non-hydrogen) atoms. The molecule has 0 radical (unpaired) electrons. The van der Waals surface area contributed by atoms with Gasteiger partial charge in [0.05, 0.1) is 19.6 Å². The molecule has 128 valence electrons. The second-order valence-corrected chi connectivity index (χ2v) is 5.94. The maximum Gasteiger partial charge on any atom is 0.230 e. The second kappa shape index (κ2) is 7.66. The van der Waals surface area contributed by atoms with Gasteiger partial charge in [0, 0.05) is 45.0 Å². The predicted octanol–water partition coefficient (Wildman–Crippen LogP) is 1.42. The average Bonchev–Trinajstić information content (AvgIpc) is 2.61. The predicted molar refractivity (Wildman–Crippen MR) is 87.6 cm³/mol. The highest BCUT2D eigenvalue weighted by Gasteiger charge is 2.40. The van der Waals surface area contributed by atoms with Crippen molar-refractivity contribution in [3.8, 4) is 11.5 Å². The Labute approximate surface area is 137 Å². The Hall–Kier alpha value is -1.79. The number of methoxy groups -OCH3 is 2. The van der Waals surface area contributed by atoms with Crippen molar-refractivity contribution in [2.24, 2.45) is 11.1 Å². The van der Waals surface area contributed by atoms with Crippen molar-refractivity contribution in [1.29, 1.82) is 0 Å². The Morgan fingerprint density at radius 3 is 2.57 bits per heavy atom. The highest BCUT2D eigenvalue weighted by atomic mass is 16.5. The third-order valence-electron chi connectivity index (χ3n) is 4.54. The summed E-state index contributed by atoms with van der Waals surface area (Å²) < 4.78 is 16.0. The zero-order chi connectivity index (χ0) is 16.9. The fraction of sp³-hybridized carbons (Fsp3) is 0.588. The normalized spacial score (nSPS) is 16.7. The van der Waals surface area contributed by atoms with Crippen LogP contribution in [-0.4, -0.2) is 51.8 Å². The number of benzene rings is 1. The number of nitrogens with two attached hydrogens (primary N) is 1. The maximum atomic E-state index is 12.9. The van der Waals surface area contributed by atoms with E-state index in [0.717, 1.165) is 11.3 Å². The van der Waals surface area contributed by atoms with Crippen molar-refractivity contribution < 1.29 is 19.0 Å². The van der Waals surface area contributed by atoms with Crippen LogP contribution in [0.15, 0.2) is 18.2 Å².